The molecule has 1 fully saturated rings. The summed E-state index contributed by atoms with van der Waals surface area (Å²) in [5.74, 6) is -0.328. The van der Waals surface area contributed by atoms with Gasteiger partial charge in [0.25, 0.3) is 0 Å². The van der Waals surface area contributed by atoms with Crippen molar-refractivity contribution in [2.75, 3.05) is 11.9 Å². The van der Waals surface area contributed by atoms with Gasteiger partial charge in [0.05, 0.1) is 29.9 Å². The monoisotopic (exact) mass is 422 g/mol. The normalized spacial score (nSPS) is 25.4. The van der Waals surface area contributed by atoms with Crippen LogP contribution >= 0.6 is 11.6 Å². The van der Waals surface area contributed by atoms with Gasteiger partial charge in [-0.15, -0.1) is 0 Å². The third-order valence-corrected chi connectivity index (χ3v) is 5.23. The molecule has 2 aromatic heterocycles. The van der Waals surface area contributed by atoms with Gasteiger partial charge in [-0.25, -0.2) is 14.1 Å². The molecule has 0 radical (unpaired) electrons. The van der Waals surface area contributed by atoms with Gasteiger partial charge in [-0.1, -0.05) is 29.8 Å². The van der Waals surface area contributed by atoms with Crippen LogP contribution in [0.1, 0.15) is 24.8 Å². The van der Waals surface area contributed by atoms with E-state index in [1.54, 1.807) is 24.3 Å². The number of benzene rings is 1. The molecule has 10 heteroatoms. The van der Waals surface area contributed by atoms with E-state index in [1.165, 1.54) is 16.9 Å². The number of anilines is 1. The van der Waals surface area contributed by atoms with Crippen molar-refractivity contribution in [3.63, 3.8) is 0 Å². The molecule has 4 N–H and O–H groups in total. The maximum absolute atomic E-state index is 14.1. The first kappa shape index (κ1) is 20.0. The number of nitrogens with zero attached hydrogens (tertiary/aromatic N) is 3. The summed E-state index contributed by atoms with van der Waals surface area (Å²) < 4.78 is 21.0. The van der Waals surface area contributed by atoms with Crippen LogP contribution < -0.4 is 5.32 Å². The number of pyridine rings is 1. The predicted molar refractivity (Wildman–Crippen MR) is 104 cm³/mol. The molecule has 0 amide bonds. The molecule has 1 aromatic carbocycles. The Bertz CT molecular complexity index is 1030. The highest BCUT2D eigenvalue weighted by molar-refractivity contribution is 6.30. The Balaban J connectivity index is 1.70. The van der Waals surface area contributed by atoms with E-state index >= 15 is 0 Å². The Morgan fingerprint density at radius 2 is 2.07 bits per heavy atom. The highest BCUT2D eigenvalue weighted by atomic mass is 35.5. The second kappa shape index (κ2) is 7.85. The maximum Gasteiger partial charge on any atom is 0.181 e. The number of aromatic nitrogens is 3. The van der Waals surface area contributed by atoms with Crippen LogP contribution in [-0.2, 0) is 4.74 Å². The molecule has 0 aliphatic carbocycles. The largest absolute Gasteiger partial charge is 0.394 e. The number of halogens is 2. The van der Waals surface area contributed by atoms with Gasteiger partial charge in [-0.3, -0.25) is 0 Å². The molecule has 5 atom stereocenters. The summed E-state index contributed by atoms with van der Waals surface area (Å²) in [6.07, 6.45) is -3.02. The zero-order valence-electron chi connectivity index (χ0n) is 15.4. The lowest BCUT2D eigenvalue weighted by atomic mass is 10.1. The average molecular weight is 423 g/mol. The number of rotatable bonds is 5. The average Bonchev–Trinajstić information content (AvgIpc) is 3.23. The van der Waals surface area contributed by atoms with Gasteiger partial charge in [0, 0.05) is 5.56 Å². The van der Waals surface area contributed by atoms with Crippen molar-refractivity contribution in [3.8, 4) is 0 Å². The van der Waals surface area contributed by atoms with E-state index in [2.05, 4.69) is 15.4 Å². The van der Waals surface area contributed by atoms with Crippen LogP contribution in [0.4, 0.5) is 10.1 Å². The van der Waals surface area contributed by atoms with Crippen molar-refractivity contribution >= 4 is 28.3 Å². The Hall–Kier alpha value is -2.30. The van der Waals surface area contributed by atoms with Gasteiger partial charge >= 0.3 is 0 Å². The minimum Gasteiger partial charge on any atom is -0.394 e. The molecule has 0 bridgehead atoms. The van der Waals surface area contributed by atoms with Gasteiger partial charge in [0.15, 0.2) is 11.9 Å². The molecule has 4 rings (SSSR count). The lowest BCUT2D eigenvalue weighted by Crippen LogP contribution is -2.33. The number of nitrogens with one attached hydrogen (secondary N) is 1. The zero-order chi connectivity index (χ0) is 20.7. The van der Waals surface area contributed by atoms with Crippen LogP contribution in [0.15, 0.2) is 36.5 Å². The minimum absolute atomic E-state index is 0.161. The standard InChI is InChI=1S/C19H20ClFN4O4/c1-9(10-4-2-3-5-12(10)21)23-13-6-15(20)24-18-11(13)7-22-25(18)19-17(28)16(27)14(8-26)29-19/h2-7,9,14,16-17,19,26-28H,8H2,1H3,(H,23,24)/t9?,14-,16-,17-,19-/m1/s1. The molecule has 0 spiro atoms. The number of aliphatic hydroxyl groups excluding tert-OH is 3. The SMILES string of the molecule is CC(Nc1cc(Cl)nc2c1cnn2[C@@H]1O[C@H](CO)[C@@H](O)[C@H]1O)c1ccccc1F. The predicted octanol–water partition coefficient (Wildman–Crippen LogP) is 2.01. The Morgan fingerprint density at radius 3 is 2.76 bits per heavy atom. The lowest BCUT2D eigenvalue weighted by Gasteiger charge is -2.18. The number of aliphatic hydroxyl groups is 3. The van der Waals surface area contributed by atoms with Crippen molar-refractivity contribution in [2.45, 2.75) is 37.5 Å². The van der Waals surface area contributed by atoms with Crippen molar-refractivity contribution in [3.05, 3.63) is 53.1 Å². The number of ether oxygens (including phenoxy) is 1. The van der Waals surface area contributed by atoms with Crippen LogP contribution in [-0.4, -0.2) is 55.0 Å². The number of hydrogen-bond donors (Lipinski definition) is 4. The Morgan fingerprint density at radius 1 is 1.31 bits per heavy atom. The summed E-state index contributed by atoms with van der Waals surface area (Å²) >= 11 is 6.18. The Labute approximate surface area is 170 Å². The molecule has 0 saturated carbocycles. The first-order chi connectivity index (χ1) is 13.9. The summed E-state index contributed by atoms with van der Waals surface area (Å²) in [6, 6.07) is 7.70. The van der Waals surface area contributed by atoms with Crippen molar-refractivity contribution in [2.24, 2.45) is 0 Å². The van der Waals surface area contributed by atoms with Crippen LogP contribution in [0.2, 0.25) is 5.15 Å². The van der Waals surface area contributed by atoms with Crippen LogP contribution in [0.25, 0.3) is 11.0 Å². The molecule has 1 aliphatic heterocycles. The van der Waals surface area contributed by atoms with E-state index in [1.807, 2.05) is 6.92 Å². The molecular formula is C19H20ClFN4O4. The Kier molecular flexibility index (Phi) is 5.41. The molecule has 3 heterocycles. The van der Waals surface area contributed by atoms with Crippen molar-refractivity contribution < 1.29 is 24.4 Å². The molecule has 29 heavy (non-hydrogen) atoms. The van der Waals surface area contributed by atoms with E-state index in [0.29, 0.717) is 22.3 Å². The van der Waals surface area contributed by atoms with E-state index in [9.17, 15) is 19.7 Å². The van der Waals surface area contributed by atoms with Crippen molar-refractivity contribution in [1.82, 2.24) is 14.8 Å². The highest BCUT2D eigenvalue weighted by Crippen LogP contribution is 2.34. The van der Waals surface area contributed by atoms with Gasteiger partial charge in [-0.2, -0.15) is 5.10 Å². The fourth-order valence-corrected chi connectivity index (χ4v) is 3.70. The molecule has 154 valence electrons. The molecular weight excluding hydrogens is 403 g/mol. The molecule has 1 unspecified atom stereocenters. The number of hydrogen-bond acceptors (Lipinski definition) is 7. The van der Waals surface area contributed by atoms with Gasteiger partial charge in [0.1, 0.15) is 29.3 Å². The molecule has 1 aliphatic rings. The van der Waals surface area contributed by atoms with E-state index in [0.717, 1.165) is 0 Å². The van der Waals surface area contributed by atoms with Crippen LogP contribution in [0.3, 0.4) is 0 Å². The van der Waals surface area contributed by atoms with Crippen LogP contribution in [0, 0.1) is 5.82 Å². The summed E-state index contributed by atoms with van der Waals surface area (Å²) in [5, 5.41) is 37.8. The van der Waals surface area contributed by atoms with E-state index < -0.39 is 31.1 Å². The molecule has 8 nitrogen and oxygen atoms in total. The molecule has 3 aromatic rings. The fraction of sp³-hybridized carbons (Fsp3) is 0.368. The highest BCUT2D eigenvalue weighted by Gasteiger charge is 2.44. The van der Waals surface area contributed by atoms with Crippen LogP contribution in [0.5, 0.6) is 0 Å². The maximum atomic E-state index is 14.1. The fourth-order valence-electron chi connectivity index (χ4n) is 3.51. The van der Waals surface area contributed by atoms with Gasteiger partial charge in [0.2, 0.25) is 0 Å². The summed E-state index contributed by atoms with van der Waals surface area (Å²) in [4.78, 5) is 4.27. The minimum atomic E-state index is -1.30. The van der Waals surface area contributed by atoms with Gasteiger partial charge < -0.3 is 25.4 Å². The first-order valence-electron chi connectivity index (χ1n) is 9.08. The topological polar surface area (TPSA) is 113 Å². The quantitative estimate of drug-likeness (QED) is 0.465. The third-order valence-electron chi connectivity index (χ3n) is 5.04. The van der Waals surface area contributed by atoms with Gasteiger partial charge in [-0.05, 0) is 19.1 Å². The summed E-state index contributed by atoms with van der Waals surface area (Å²) in [7, 11) is 0. The van der Waals surface area contributed by atoms with E-state index in [-0.39, 0.29) is 17.0 Å². The van der Waals surface area contributed by atoms with E-state index in [4.69, 9.17) is 16.3 Å². The zero-order valence-corrected chi connectivity index (χ0v) is 16.2. The second-order valence-corrected chi connectivity index (χ2v) is 7.32. The lowest BCUT2D eigenvalue weighted by molar-refractivity contribution is -0.0566. The van der Waals surface area contributed by atoms with Crippen molar-refractivity contribution in [1.29, 1.82) is 0 Å². The number of fused-ring (bicyclic) bond motifs is 1. The third kappa shape index (κ3) is 3.56. The molecule has 1 saturated heterocycles. The summed E-state index contributed by atoms with van der Waals surface area (Å²) in [6.45, 7) is 1.37. The second-order valence-electron chi connectivity index (χ2n) is 6.94. The first-order valence-corrected chi connectivity index (χ1v) is 9.45. The smallest absolute Gasteiger partial charge is 0.181 e. The summed E-state index contributed by atoms with van der Waals surface area (Å²) in [5.41, 5.74) is 1.38.